The van der Waals surface area contributed by atoms with E-state index in [1.165, 1.54) is 0 Å². The first kappa shape index (κ1) is 11.5. The van der Waals surface area contributed by atoms with Crippen LogP contribution in [-0.2, 0) is 6.54 Å². The zero-order chi connectivity index (χ0) is 11.1. The lowest BCUT2D eigenvalue weighted by molar-refractivity contribution is 0.209. The van der Waals surface area contributed by atoms with Crippen LogP contribution in [0, 0.1) is 0 Å². The second kappa shape index (κ2) is 6.03. The third-order valence-electron chi connectivity index (χ3n) is 2.10. The Bertz CT molecular complexity index is 300. The largest absolute Gasteiger partial charge is 0.334 e. The van der Waals surface area contributed by atoms with Gasteiger partial charge in [-0.2, -0.15) is 0 Å². The Labute approximate surface area is 90.1 Å². The van der Waals surface area contributed by atoms with Crippen LogP contribution in [0.15, 0.2) is 30.3 Å². The average molecular weight is 207 g/mol. The molecule has 0 radical (unpaired) electrons. The summed E-state index contributed by atoms with van der Waals surface area (Å²) in [6.45, 7) is 1.60. The third-order valence-corrected chi connectivity index (χ3v) is 2.10. The van der Waals surface area contributed by atoms with E-state index < -0.39 is 0 Å². The van der Waals surface area contributed by atoms with Gasteiger partial charge in [-0.15, -0.1) is 0 Å². The van der Waals surface area contributed by atoms with E-state index in [9.17, 15) is 4.79 Å². The summed E-state index contributed by atoms with van der Waals surface area (Å²) in [5, 5.41) is 2.81. The van der Waals surface area contributed by atoms with E-state index in [0.717, 1.165) is 5.56 Å². The average Bonchev–Trinajstić information content (AvgIpc) is 2.27. The van der Waals surface area contributed by atoms with Crippen molar-refractivity contribution in [2.24, 2.45) is 5.73 Å². The molecule has 4 heteroatoms. The minimum Gasteiger partial charge on any atom is -0.334 e. The predicted octanol–water partition coefficient (Wildman–Crippen LogP) is 0.787. The van der Waals surface area contributed by atoms with Crippen molar-refractivity contribution in [1.29, 1.82) is 0 Å². The number of nitrogens with one attached hydrogen (secondary N) is 1. The minimum atomic E-state index is -0.0932. The van der Waals surface area contributed by atoms with Gasteiger partial charge in [0.25, 0.3) is 0 Å². The molecule has 0 aliphatic rings. The number of amides is 2. The minimum absolute atomic E-state index is 0.0932. The monoisotopic (exact) mass is 207 g/mol. The highest BCUT2D eigenvalue weighted by molar-refractivity contribution is 5.73. The lowest BCUT2D eigenvalue weighted by Gasteiger charge is -2.16. The van der Waals surface area contributed by atoms with Crippen molar-refractivity contribution in [3.8, 4) is 0 Å². The number of benzene rings is 1. The summed E-state index contributed by atoms with van der Waals surface area (Å²) in [5.74, 6) is 0. The van der Waals surface area contributed by atoms with E-state index in [1.54, 1.807) is 11.9 Å². The fourth-order valence-electron chi connectivity index (χ4n) is 1.20. The highest BCUT2D eigenvalue weighted by atomic mass is 16.2. The zero-order valence-corrected chi connectivity index (χ0v) is 8.94. The first-order chi connectivity index (χ1) is 7.24. The van der Waals surface area contributed by atoms with Gasteiger partial charge in [-0.1, -0.05) is 30.3 Å². The van der Waals surface area contributed by atoms with Crippen LogP contribution in [0.3, 0.4) is 0 Å². The topological polar surface area (TPSA) is 58.4 Å². The number of nitrogens with zero attached hydrogens (tertiary/aromatic N) is 1. The Morgan fingerprint density at radius 1 is 1.40 bits per heavy atom. The second-order valence-electron chi connectivity index (χ2n) is 3.35. The lowest BCUT2D eigenvalue weighted by atomic mass is 10.2. The van der Waals surface area contributed by atoms with E-state index in [-0.39, 0.29) is 6.03 Å². The summed E-state index contributed by atoms with van der Waals surface area (Å²) in [7, 11) is 1.73. The number of hydrogen-bond acceptors (Lipinski definition) is 2. The maximum Gasteiger partial charge on any atom is 0.317 e. The van der Waals surface area contributed by atoms with Crippen molar-refractivity contribution in [3.05, 3.63) is 35.9 Å². The molecule has 0 atom stereocenters. The summed E-state index contributed by atoms with van der Waals surface area (Å²) in [6, 6.07) is 9.71. The Morgan fingerprint density at radius 2 is 2.07 bits per heavy atom. The van der Waals surface area contributed by atoms with Crippen LogP contribution in [0.4, 0.5) is 4.79 Å². The number of likely N-dealkylation sites (N-methyl/N-ethyl adjacent to an activating group) is 1. The number of nitrogens with two attached hydrogens (primary N) is 1. The fraction of sp³-hybridized carbons (Fsp3) is 0.364. The Kier molecular flexibility index (Phi) is 4.63. The van der Waals surface area contributed by atoms with Gasteiger partial charge in [-0.05, 0) is 5.56 Å². The van der Waals surface area contributed by atoms with Gasteiger partial charge >= 0.3 is 6.03 Å². The summed E-state index contributed by atoms with van der Waals surface area (Å²) in [4.78, 5) is 13.0. The predicted molar refractivity (Wildman–Crippen MR) is 60.4 cm³/mol. The van der Waals surface area contributed by atoms with Crippen LogP contribution in [0.1, 0.15) is 5.56 Å². The van der Waals surface area contributed by atoms with Crippen LogP contribution >= 0.6 is 0 Å². The van der Waals surface area contributed by atoms with E-state index >= 15 is 0 Å². The fourth-order valence-corrected chi connectivity index (χ4v) is 1.20. The van der Waals surface area contributed by atoms with E-state index in [0.29, 0.717) is 19.6 Å². The summed E-state index contributed by atoms with van der Waals surface area (Å²) in [6.07, 6.45) is 0. The molecule has 0 saturated heterocycles. The first-order valence-corrected chi connectivity index (χ1v) is 4.97. The van der Waals surface area contributed by atoms with Crippen molar-refractivity contribution in [2.75, 3.05) is 20.1 Å². The van der Waals surface area contributed by atoms with Gasteiger partial charge < -0.3 is 16.0 Å². The summed E-state index contributed by atoms with van der Waals surface area (Å²) >= 11 is 0. The molecule has 0 spiro atoms. The molecule has 3 N–H and O–H groups in total. The highest BCUT2D eigenvalue weighted by Gasteiger charge is 2.05. The molecular formula is C11H17N3O. The van der Waals surface area contributed by atoms with Crippen LogP contribution in [0.25, 0.3) is 0 Å². The second-order valence-corrected chi connectivity index (χ2v) is 3.35. The maximum absolute atomic E-state index is 11.5. The molecule has 1 aromatic carbocycles. The summed E-state index contributed by atoms with van der Waals surface area (Å²) in [5.41, 5.74) is 6.44. The molecule has 1 rings (SSSR count). The molecule has 0 saturated carbocycles. The van der Waals surface area contributed by atoms with Crippen molar-refractivity contribution >= 4 is 6.03 Å². The third kappa shape index (κ3) is 3.99. The highest BCUT2D eigenvalue weighted by Crippen LogP contribution is 1.97. The van der Waals surface area contributed by atoms with Crippen molar-refractivity contribution in [2.45, 2.75) is 6.54 Å². The number of rotatable bonds is 4. The summed E-state index contributed by atoms with van der Waals surface area (Å²) < 4.78 is 0. The van der Waals surface area contributed by atoms with Gasteiger partial charge in [0.05, 0.1) is 0 Å². The number of urea groups is 1. The molecule has 0 aromatic heterocycles. The molecule has 0 aliphatic carbocycles. The molecule has 82 valence electrons. The van der Waals surface area contributed by atoms with E-state index in [4.69, 9.17) is 5.73 Å². The van der Waals surface area contributed by atoms with Gasteiger partial charge in [0, 0.05) is 26.7 Å². The Balaban J connectivity index is 2.34. The molecule has 4 nitrogen and oxygen atoms in total. The molecule has 0 heterocycles. The van der Waals surface area contributed by atoms with Gasteiger partial charge in [-0.25, -0.2) is 4.79 Å². The van der Waals surface area contributed by atoms with Crippen LogP contribution in [-0.4, -0.2) is 31.1 Å². The molecular weight excluding hydrogens is 190 g/mol. The standard InChI is InChI=1S/C11H17N3O/c1-14(8-7-12)11(15)13-9-10-5-3-2-4-6-10/h2-6H,7-9,12H2,1H3,(H,13,15). The van der Waals surface area contributed by atoms with Crippen molar-refractivity contribution < 1.29 is 4.79 Å². The Morgan fingerprint density at radius 3 is 2.67 bits per heavy atom. The van der Waals surface area contributed by atoms with Gasteiger partial charge in [0.15, 0.2) is 0 Å². The molecule has 1 aromatic rings. The lowest BCUT2D eigenvalue weighted by Crippen LogP contribution is -2.39. The van der Waals surface area contributed by atoms with Crippen molar-refractivity contribution in [3.63, 3.8) is 0 Å². The number of hydrogen-bond donors (Lipinski definition) is 2. The quantitative estimate of drug-likeness (QED) is 0.766. The van der Waals surface area contributed by atoms with Crippen molar-refractivity contribution in [1.82, 2.24) is 10.2 Å². The number of carbonyl (C=O) groups excluding carboxylic acids is 1. The normalized spacial score (nSPS) is 9.73. The Hall–Kier alpha value is -1.55. The van der Waals surface area contributed by atoms with Crippen LogP contribution < -0.4 is 11.1 Å². The molecule has 0 aliphatic heterocycles. The van der Waals surface area contributed by atoms with Crippen LogP contribution in [0.2, 0.25) is 0 Å². The maximum atomic E-state index is 11.5. The molecule has 2 amide bonds. The van der Waals surface area contributed by atoms with E-state index in [2.05, 4.69) is 5.32 Å². The van der Waals surface area contributed by atoms with Gasteiger partial charge in [0.2, 0.25) is 0 Å². The zero-order valence-electron chi connectivity index (χ0n) is 8.94. The van der Waals surface area contributed by atoms with Gasteiger partial charge in [0.1, 0.15) is 0 Å². The first-order valence-electron chi connectivity index (χ1n) is 4.97. The number of carbonyl (C=O) groups is 1. The molecule has 0 bridgehead atoms. The molecule has 0 unspecified atom stereocenters. The van der Waals surface area contributed by atoms with Gasteiger partial charge in [-0.3, -0.25) is 0 Å². The molecule has 15 heavy (non-hydrogen) atoms. The van der Waals surface area contributed by atoms with E-state index in [1.807, 2.05) is 30.3 Å². The smallest absolute Gasteiger partial charge is 0.317 e. The SMILES string of the molecule is CN(CCN)C(=O)NCc1ccccc1. The van der Waals surface area contributed by atoms with Crippen LogP contribution in [0.5, 0.6) is 0 Å². The molecule has 0 fully saturated rings.